The van der Waals surface area contributed by atoms with Crippen LogP contribution in [0.5, 0.6) is 0 Å². The van der Waals surface area contributed by atoms with Crippen molar-refractivity contribution in [3.8, 4) is 0 Å². The van der Waals surface area contributed by atoms with Crippen LogP contribution in [0.4, 0.5) is 0 Å². The first kappa shape index (κ1) is 25.5. The largest absolute Gasteiger partial charge is 0.382 e. The van der Waals surface area contributed by atoms with Crippen molar-refractivity contribution < 1.29 is 8.42 Å². The second kappa shape index (κ2) is 16.3. The maximum Gasteiger partial charge on any atom is 0.247 e. The zero-order chi connectivity index (χ0) is 21.2. The normalized spacial score (nSPS) is 12.2. The van der Waals surface area contributed by atoms with Crippen molar-refractivity contribution in [1.29, 1.82) is 0 Å². The van der Waals surface area contributed by atoms with Crippen molar-refractivity contribution in [2.45, 2.75) is 96.8 Å². The van der Waals surface area contributed by atoms with Crippen LogP contribution in [0.1, 0.15) is 102 Å². The van der Waals surface area contributed by atoms with Crippen LogP contribution in [-0.2, 0) is 10.0 Å². The van der Waals surface area contributed by atoms with Gasteiger partial charge in [-0.15, -0.1) is 5.10 Å². The highest BCUT2D eigenvalue weighted by Gasteiger charge is 2.09. The molecule has 0 aromatic heterocycles. The van der Waals surface area contributed by atoms with Gasteiger partial charge in [0.25, 0.3) is 0 Å². The zero-order valence-electron chi connectivity index (χ0n) is 18.2. The summed E-state index contributed by atoms with van der Waals surface area (Å²) in [6.07, 6.45) is 17.4. The van der Waals surface area contributed by atoms with E-state index in [1.807, 2.05) is 18.2 Å². The molecule has 0 unspecified atom stereocenters. The van der Waals surface area contributed by atoms with Crippen molar-refractivity contribution in [3.63, 3.8) is 0 Å². The molecule has 1 rings (SSSR count). The van der Waals surface area contributed by atoms with E-state index in [1.165, 1.54) is 70.6 Å². The van der Waals surface area contributed by atoms with Crippen LogP contribution >= 0.6 is 0 Å². The first-order chi connectivity index (χ1) is 14.0. The third-order valence-corrected chi connectivity index (χ3v) is 6.34. The fraction of sp³-hybridized carbons (Fsp3) is 0.696. The van der Waals surface area contributed by atoms with Gasteiger partial charge in [0.15, 0.2) is 5.84 Å². The van der Waals surface area contributed by atoms with E-state index in [0.717, 1.165) is 12.8 Å². The molecule has 0 fully saturated rings. The summed E-state index contributed by atoms with van der Waals surface area (Å²) in [5, 5.41) is 3.81. The van der Waals surface area contributed by atoms with E-state index in [9.17, 15) is 8.42 Å². The Bertz CT molecular complexity index is 645. The Hall–Kier alpha value is -1.56. The number of hydrogen-bond donors (Lipinski definition) is 2. The molecule has 6 heteroatoms. The number of benzene rings is 1. The lowest BCUT2D eigenvalue weighted by atomic mass is 10.0. The Morgan fingerprint density at radius 2 is 1.24 bits per heavy atom. The Kier molecular flexibility index (Phi) is 14.3. The Morgan fingerprint density at radius 1 is 0.793 bits per heavy atom. The van der Waals surface area contributed by atoms with Crippen LogP contribution in [0.15, 0.2) is 35.4 Å². The Morgan fingerprint density at radius 3 is 1.72 bits per heavy atom. The fourth-order valence-electron chi connectivity index (χ4n) is 3.32. The molecule has 0 aliphatic heterocycles. The average Bonchev–Trinajstić information content (AvgIpc) is 2.73. The summed E-state index contributed by atoms with van der Waals surface area (Å²) >= 11 is 0. The summed E-state index contributed by atoms with van der Waals surface area (Å²) in [5.41, 5.74) is 6.51. The molecular weight excluding hydrogens is 382 g/mol. The predicted molar refractivity (Wildman–Crippen MR) is 124 cm³/mol. The van der Waals surface area contributed by atoms with Gasteiger partial charge in [-0.3, -0.25) is 0 Å². The summed E-state index contributed by atoms with van der Waals surface area (Å²) in [5.74, 6) is 0.270. The van der Waals surface area contributed by atoms with Crippen LogP contribution in [0.2, 0.25) is 0 Å². The molecule has 0 aliphatic rings. The number of rotatable bonds is 18. The number of nitrogens with one attached hydrogen (secondary N) is 1. The minimum absolute atomic E-state index is 0.0939. The smallest absolute Gasteiger partial charge is 0.247 e. The van der Waals surface area contributed by atoms with Crippen molar-refractivity contribution in [3.05, 3.63) is 35.9 Å². The molecule has 1 aromatic rings. The molecule has 3 N–H and O–H groups in total. The average molecular weight is 424 g/mol. The highest BCUT2D eigenvalue weighted by molar-refractivity contribution is 7.89. The first-order valence-corrected chi connectivity index (χ1v) is 13.1. The van der Waals surface area contributed by atoms with E-state index >= 15 is 0 Å². The maximum atomic E-state index is 12.0. The summed E-state index contributed by atoms with van der Waals surface area (Å²) in [6.45, 7) is 2.26. The van der Waals surface area contributed by atoms with Gasteiger partial charge in [0.1, 0.15) is 0 Å². The van der Waals surface area contributed by atoms with Gasteiger partial charge in [0.05, 0.1) is 5.75 Å². The topological polar surface area (TPSA) is 84.5 Å². The molecule has 166 valence electrons. The molecule has 0 heterocycles. The maximum absolute atomic E-state index is 12.0. The molecule has 0 spiro atoms. The van der Waals surface area contributed by atoms with E-state index in [4.69, 9.17) is 5.73 Å². The van der Waals surface area contributed by atoms with Crippen LogP contribution in [0, 0.1) is 0 Å². The number of hydrazone groups is 1. The molecule has 1 aromatic carbocycles. The number of nitrogens with zero attached hydrogens (tertiary/aromatic N) is 1. The van der Waals surface area contributed by atoms with Crippen molar-refractivity contribution in [2.24, 2.45) is 10.8 Å². The standard InChI is InChI=1S/C23H41N3O2S/c1-2-3-4-5-6-7-8-9-10-11-12-13-14-18-21-29(27,28)26-25-23(24)22-19-16-15-17-20-22/h15-17,19-20,26H,2-14,18,21H2,1H3,(H2,24,25). The minimum atomic E-state index is -3.42. The van der Waals surface area contributed by atoms with E-state index in [-0.39, 0.29) is 11.6 Å². The second-order valence-electron chi connectivity index (χ2n) is 7.87. The zero-order valence-corrected chi connectivity index (χ0v) is 19.1. The van der Waals surface area contributed by atoms with Crippen molar-refractivity contribution in [2.75, 3.05) is 5.75 Å². The molecular formula is C23H41N3O2S. The van der Waals surface area contributed by atoms with Gasteiger partial charge in [-0.1, -0.05) is 121 Å². The highest BCUT2D eigenvalue weighted by Crippen LogP contribution is 2.13. The minimum Gasteiger partial charge on any atom is -0.382 e. The summed E-state index contributed by atoms with van der Waals surface area (Å²) in [7, 11) is -3.42. The van der Waals surface area contributed by atoms with Crippen LogP contribution in [0.3, 0.4) is 0 Å². The Balaban J connectivity index is 1.98. The monoisotopic (exact) mass is 423 g/mol. The van der Waals surface area contributed by atoms with Gasteiger partial charge < -0.3 is 5.73 Å². The predicted octanol–water partition coefficient (Wildman–Crippen LogP) is 5.71. The molecule has 29 heavy (non-hydrogen) atoms. The van der Waals surface area contributed by atoms with Gasteiger partial charge in [-0.05, 0) is 6.42 Å². The number of nitrogens with two attached hydrogens (primary N) is 1. The van der Waals surface area contributed by atoms with Crippen LogP contribution in [-0.4, -0.2) is 20.0 Å². The molecule has 0 radical (unpaired) electrons. The number of hydrogen-bond acceptors (Lipinski definition) is 3. The molecule has 5 nitrogen and oxygen atoms in total. The summed E-state index contributed by atoms with van der Waals surface area (Å²) in [4.78, 5) is 2.24. The lowest BCUT2D eigenvalue weighted by Gasteiger charge is -2.06. The molecule has 0 aliphatic carbocycles. The first-order valence-electron chi connectivity index (χ1n) is 11.4. The van der Waals surface area contributed by atoms with Gasteiger partial charge in [0, 0.05) is 5.56 Å². The Labute approximate surface area is 178 Å². The van der Waals surface area contributed by atoms with Gasteiger partial charge in [0.2, 0.25) is 10.0 Å². The van der Waals surface area contributed by atoms with E-state index in [1.54, 1.807) is 12.1 Å². The number of sulfonamides is 1. The lowest BCUT2D eigenvalue weighted by Crippen LogP contribution is -2.26. The SMILES string of the molecule is CCCCCCCCCCCCCCCCS(=O)(=O)NN=C(N)c1ccccc1. The van der Waals surface area contributed by atoms with E-state index < -0.39 is 10.0 Å². The second-order valence-corrected chi connectivity index (χ2v) is 9.69. The third-order valence-electron chi connectivity index (χ3n) is 5.14. The summed E-state index contributed by atoms with van der Waals surface area (Å²) in [6, 6.07) is 9.12. The van der Waals surface area contributed by atoms with Crippen molar-refractivity contribution >= 4 is 15.9 Å². The fourth-order valence-corrected chi connectivity index (χ4v) is 4.24. The lowest BCUT2D eigenvalue weighted by molar-refractivity contribution is 0.536. The van der Waals surface area contributed by atoms with Crippen LogP contribution < -0.4 is 10.6 Å². The van der Waals surface area contributed by atoms with Crippen LogP contribution in [0.25, 0.3) is 0 Å². The molecule has 0 atom stereocenters. The van der Waals surface area contributed by atoms with Gasteiger partial charge in [-0.25, -0.2) is 13.2 Å². The molecule has 0 bridgehead atoms. The van der Waals surface area contributed by atoms with Crippen molar-refractivity contribution in [1.82, 2.24) is 4.83 Å². The van der Waals surface area contributed by atoms with Gasteiger partial charge in [-0.2, -0.15) is 0 Å². The third kappa shape index (κ3) is 14.1. The van der Waals surface area contributed by atoms with E-state index in [0.29, 0.717) is 12.0 Å². The quantitative estimate of drug-likeness (QED) is 0.137. The number of amidine groups is 1. The van der Waals surface area contributed by atoms with Gasteiger partial charge >= 0.3 is 0 Å². The molecule has 0 saturated carbocycles. The van der Waals surface area contributed by atoms with E-state index in [2.05, 4.69) is 16.9 Å². The summed E-state index contributed by atoms with van der Waals surface area (Å²) < 4.78 is 24.0. The molecule has 0 saturated heterocycles. The highest BCUT2D eigenvalue weighted by atomic mass is 32.2. The molecule has 0 amide bonds. The number of unbranched alkanes of at least 4 members (excludes halogenated alkanes) is 13.